The molecule has 0 spiro atoms. The summed E-state index contributed by atoms with van der Waals surface area (Å²) in [6.45, 7) is 2.52. The van der Waals surface area contributed by atoms with Crippen molar-refractivity contribution < 1.29 is 13.9 Å². The van der Waals surface area contributed by atoms with Crippen LogP contribution in [0.25, 0.3) is 0 Å². The number of nitrogens with one attached hydrogen (secondary N) is 2. The van der Waals surface area contributed by atoms with Crippen LogP contribution in [0.4, 0.5) is 21.6 Å². The van der Waals surface area contributed by atoms with Gasteiger partial charge in [0, 0.05) is 17.4 Å². The molecule has 1 aromatic heterocycles. The summed E-state index contributed by atoms with van der Waals surface area (Å²) in [4.78, 5) is 20.4. The Morgan fingerprint density at radius 3 is 2.42 bits per heavy atom. The highest BCUT2D eigenvalue weighted by atomic mass is 19.1. The fourth-order valence-corrected chi connectivity index (χ4v) is 2.23. The smallest absolute Gasteiger partial charge is 0.274 e. The van der Waals surface area contributed by atoms with E-state index in [0.29, 0.717) is 18.1 Å². The van der Waals surface area contributed by atoms with E-state index in [4.69, 9.17) is 4.74 Å². The van der Waals surface area contributed by atoms with Crippen LogP contribution >= 0.6 is 0 Å². The maximum Gasteiger partial charge on any atom is 0.274 e. The van der Waals surface area contributed by atoms with Crippen LogP contribution in [0.2, 0.25) is 0 Å². The largest absolute Gasteiger partial charge is 0.494 e. The number of amides is 1. The molecular weight excluding hydrogens is 335 g/mol. The molecule has 2 N–H and O–H groups in total. The van der Waals surface area contributed by atoms with Gasteiger partial charge in [-0.3, -0.25) is 4.79 Å². The summed E-state index contributed by atoms with van der Waals surface area (Å²) in [5.74, 6) is 0.481. The van der Waals surface area contributed by atoms with Gasteiger partial charge in [0.2, 0.25) is 0 Å². The summed E-state index contributed by atoms with van der Waals surface area (Å²) in [6.07, 6.45) is 1.30. The lowest BCUT2D eigenvalue weighted by atomic mass is 10.3. The minimum absolute atomic E-state index is 0.192. The van der Waals surface area contributed by atoms with Crippen LogP contribution in [-0.4, -0.2) is 22.5 Å². The quantitative estimate of drug-likeness (QED) is 0.701. The zero-order valence-electron chi connectivity index (χ0n) is 14.1. The summed E-state index contributed by atoms with van der Waals surface area (Å²) in [6, 6.07) is 14.4. The first-order chi connectivity index (χ1) is 12.6. The molecule has 7 heteroatoms. The molecule has 0 atom stereocenters. The van der Waals surface area contributed by atoms with Crippen molar-refractivity contribution >= 4 is 23.1 Å². The molecule has 0 aliphatic rings. The summed E-state index contributed by atoms with van der Waals surface area (Å²) in [7, 11) is 0. The van der Waals surface area contributed by atoms with Crippen molar-refractivity contribution in [2.75, 3.05) is 17.2 Å². The third-order valence-electron chi connectivity index (χ3n) is 3.44. The third kappa shape index (κ3) is 4.54. The molecule has 26 heavy (non-hydrogen) atoms. The second-order valence-electron chi connectivity index (χ2n) is 5.33. The van der Waals surface area contributed by atoms with E-state index in [-0.39, 0.29) is 11.5 Å². The highest BCUT2D eigenvalue weighted by molar-refractivity contribution is 6.03. The molecule has 0 unspecified atom stereocenters. The number of hydrogen-bond acceptors (Lipinski definition) is 5. The standard InChI is InChI=1S/C19H17FN4O2/c1-2-26-16-9-7-14(8-10-16)23-18-11-17(21-12-22-18)19(25)24-15-5-3-13(20)4-6-15/h3-12H,2H2,1H3,(H,24,25)(H,21,22,23). The Kier molecular flexibility index (Phi) is 5.38. The first kappa shape index (κ1) is 17.3. The van der Waals surface area contributed by atoms with Crippen LogP contribution < -0.4 is 15.4 Å². The summed E-state index contributed by atoms with van der Waals surface area (Å²) < 4.78 is 18.3. The number of halogens is 1. The third-order valence-corrected chi connectivity index (χ3v) is 3.44. The summed E-state index contributed by atoms with van der Waals surface area (Å²) in [5.41, 5.74) is 1.48. The fraction of sp³-hybridized carbons (Fsp3) is 0.105. The molecule has 1 heterocycles. The Labute approximate surface area is 150 Å². The predicted molar refractivity (Wildman–Crippen MR) is 97.3 cm³/mol. The minimum atomic E-state index is -0.409. The Bertz CT molecular complexity index is 883. The van der Waals surface area contributed by atoms with E-state index < -0.39 is 5.91 Å². The maximum absolute atomic E-state index is 12.9. The second-order valence-corrected chi connectivity index (χ2v) is 5.33. The number of nitrogens with zero attached hydrogens (tertiary/aromatic N) is 2. The van der Waals surface area contributed by atoms with Crippen LogP contribution in [0, 0.1) is 5.82 Å². The van der Waals surface area contributed by atoms with Gasteiger partial charge in [-0.05, 0) is 55.5 Å². The Morgan fingerprint density at radius 1 is 1.04 bits per heavy atom. The minimum Gasteiger partial charge on any atom is -0.494 e. The van der Waals surface area contributed by atoms with Gasteiger partial charge in [0.1, 0.15) is 29.4 Å². The molecule has 1 amide bonds. The lowest BCUT2D eigenvalue weighted by Gasteiger charge is -2.09. The van der Waals surface area contributed by atoms with E-state index in [1.54, 1.807) is 0 Å². The first-order valence-corrected chi connectivity index (χ1v) is 8.03. The zero-order valence-corrected chi connectivity index (χ0v) is 14.1. The topological polar surface area (TPSA) is 76.1 Å². The fourth-order valence-electron chi connectivity index (χ4n) is 2.23. The zero-order chi connectivity index (χ0) is 18.4. The molecule has 0 radical (unpaired) electrons. The first-order valence-electron chi connectivity index (χ1n) is 8.03. The monoisotopic (exact) mass is 352 g/mol. The number of ether oxygens (including phenoxy) is 1. The van der Waals surface area contributed by atoms with Crippen molar-refractivity contribution in [2.24, 2.45) is 0 Å². The Morgan fingerprint density at radius 2 is 1.73 bits per heavy atom. The summed E-state index contributed by atoms with van der Waals surface area (Å²) >= 11 is 0. The van der Waals surface area contributed by atoms with Crippen LogP contribution in [0.3, 0.4) is 0 Å². The van der Waals surface area contributed by atoms with Gasteiger partial charge < -0.3 is 15.4 Å². The molecular formula is C19H17FN4O2. The van der Waals surface area contributed by atoms with Gasteiger partial charge >= 0.3 is 0 Å². The van der Waals surface area contributed by atoms with Gasteiger partial charge in [0.05, 0.1) is 6.61 Å². The molecule has 3 rings (SSSR count). The highest BCUT2D eigenvalue weighted by Crippen LogP contribution is 2.19. The van der Waals surface area contributed by atoms with E-state index in [2.05, 4.69) is 20.6 Å². The number of carbonyl (C=O) groups is 1. The molecule has 0 fully saturated rings. The molecule has 0 saturated heterocycles. The van der Waals surface area contributed by atoms with Crippen LogP contribution in [0.1, 0.15) is 17.4 Å². The molecule has 3 aromatic rings. The highest BCUT2D eigenvalue weighted by Gasteiger charge is 2.09. The van der Waals surface area contributed by atoms with Gasteiger partial charge in [-0.2, -0.15) is 0 Å². The van der Waals surface area contributed by atoms with Crippen molar-refractivity contribution in [3.63, 3.8) is 0 Å². The number of benzene rings is 2. The van der Waals surface area contributed by atoms with Gasteiger partial charge in [0.15, 0.2) is 0 Å². The Balaban J connectivity index is 1.69. The number of anilines is 3. The van der Waals surface area contributed by atoms with E-state index in [0.717, 1.165) is 11.4 Å². The molecule has 0 aliphatic heterocycles. The maximum atomic E-state index is 12.9. The van der Waals surface area contributed by atoms with Gasteiger partial charge in [-0.15, -0.1) is 0 Å². The average Bonchev–Trinajstić information content (AvgIpc) is 2.66. The average molecular weight is 352 g/mol. The van der Waals surface area contributed by atoms with Gasteiger partial charge in [-0.25, -0.2) is 14.4 Å². The SMILES string of the molecule is CCOc1ccc(Nc2cc(C(=O)Nc3ccc(F)cc3)ncn2)cc1. The van der Waals surface area contributed by atoms with Crippen molar-refractivity contribution in [3.8, 4) is 5.75 Å². The Hall–Kier alpha value is -3.48. The van der Waals surface area contributed by atoms with E-state index in [1.165, 1.54) is 36.7 Å². The lowest BCUT2D eigenvalue weighted by Crippen LogP contribution is -2.14. The van der Waals surface area contributed by atoms with E-state index >= 15 is 0 Å². The number of carbonyl (C=O) groups excluding carboxylic acids is 1. The molecule has 6 nitrogen and oxygen atoms in total. The lowest BCUT2D eigenvalue weighted by molar-refractivity contribution is 0.102. The normalized spacial score (nSPS) is 10.2. The van der Waals surface area contributed by atoms with Gasteiger partial charge in [0.25, 0.3) is 5.91 Å². The van der Waals surface area contributed by atoms with E-state index in [1.807, 2.05) is 31.2 Å². The summed E-state index contributed by atoms with van der Waals surface area (Å²) in [5, 5.41) is 5.76. The number of hydrogen-bond donors (Lipinski definition) is 2. The van der Waals surface area contributed by atoms with E-state index in [9.17, 15) is 9.18 Å². The van der Waals surface area contributed by atoms with Crippen LogP contribution in [-0.2, 0) is 0 Å². The number of aromatic nitrogens is 2. The van der Waals surface area contributed by atoms with Crippen molar-refractivity contribution in [1.82, 2.24) is 9.97 Å². The molecule has 132 valence electrons. The molecule has 2 aromatic carbocycles. The van der Waals surface area contributed by atoms with Crippen molar-refractivity contribution in [1.29, 1.82) is 0 Å². The molecule has 0 saturated carbocycles. The molecule has 0 aliphatic carbocycles. The second kappa shape index (κ2) is 8.06. The van der Waals surface area contributed by atoms with Crippen molar-refractivity contribution in [3.05, 3.63) is 72.4 Å². The number of rotatable bonds is 6. The van der Waals surface area contributed by atoms with Crippen molar-refractivity contribution in [2.45, 2.75) is 6.92 Å². The molecule has 0 bridgehead atoms. The van der Waals surface area contributed by atoms with Crippen LogP contribution in [0.15, 0.2) is 60.9 Å². The van der Waals surface area contributed by atoms with Gasteiger partial charge in [-0.1, -0.05) is 0 Å². The van der Waals surface area contributed by atoms with Crippen LogP contribution in [0.5, 0.6) is 5.75 Å². The predicted octanol–water partition coefficient (Wildman–Crippen LogP) is 4.01.